The number of aromatic nitrogens is 4. The van der Waals surface area contributed by atoms with Crippen molar-refractivity contribution >= 4 is 11.2 Å². The molecule has 32 heavy (non-hydrogen) atoms. The molecule has 2 aliphatic rings. The molecule has 0 bridgehead atoms. The Labute approximate surface area is 188 Å². The summed E-state index contributed by atoms with van der Waals surface area (Å²) in [5.41, 5.74) is 7.18. The largest absolute Gasteiger partial charge is 0.501 e. The van der Waals surface area contributed by atoms with E-state index < -0.39 is 0 Å². The molecule has 6 heteroatoms. The lowest BCUT2D eigenvalue weighted by molar-refractivity contribution is 0.282. The number of nitriles is 1. The summed E-state index contributed by atoms with van der Waals surface area (Å²) in [5, 5.41) is 13.9. The second-order valence-electron chi connectivity index (χ2n) is 7.71. The molecule has 0 unspecified atom stereocenters. The fraction of sp³-hybridized carbons (Fsp3) is 0.308. The lowest BCUT2D eigenvalue weighted by Crippen LogP contribution is -2.00. The van der Waals surface area contributed by atoms with Gasteiger partial charge in [-0.25, -0.2) is 14.5 Å². The van der Waals surface area contributed by atoms with Gasteiger partial charge >= 0.3 is 0 Å². The van der Waals surface area contributed by atoms with Crippen molar-refractivity contribution in [3.8, 4) is 17.3 Å². The van der Waals surface area contributed by atoms with Gasteiger partial charge in [0.25, 0.3) is 0 Å². The average Bonchev–Trinajstić information content (AvgIpc) is 3.65. The standard InChI is InChI=1S/C24H21N5O.C2H6/c1-15-24(18-5-7-20(13-25)26-14-18)29-23(27-15)10-9-22(28-29)17-6-8-21(30-2)12-19(11-17)16-3-4-16;1-2/h5-11,14,16H,3-4,12H2,1-2H3;1-2H3. The number of ether oxygens (including phenoxy) is 1. The minimum absolute atomic E-state index is 0.390. The molecular weight excluding hydrogens is 398 g/mol. The Hall–Kier alpha value is -3.72. The highest BCUT2D eigenvalue weighted by Crippen LogP contribution is 2.41. The number of rotatable bonds is 4. The van der Waals surface area contributed by atoms with Crippen LogP contribution in [-0.2, 0) is 4.74 Å². The maximum absolute atomic E-state index is 9.02. The van der Waals surface area contributed by atoms with Crippen LogP contribution in [0.3, 0.4) is 0 Å². The zero-order chi connectivity index (χ0) is 22.7. The van der Waals surface area contributed by atoms with Gasteiger partial charge in [0.15, 0.2) is 5.65 Å². The predicted molar refractivity (Wildman–Crippen MR) is 126 cm³/mol. The number of nitrogens with zero attached hydrogens (tertiary/aromatic N) is 5. The van der Waals surface area contributed by atoms with Crippen molar-refractivity contribution in [1.82, 2.24) is 19.6 Å². The van der Waals surface area contributed by atoms with E-state index in [4.69, 9.17) is 15.1 Å². The Balaban J connectivity index is 0.00000119. The monoisotopic (exact) mass is 425 g/mol. The number of aryl methyl sites for hydroxylation is 1. The zero-order valence-corrected chi connectivity index (χ0v) is 19.0. The lowest BCUT2D eigenvalue weighted by Gasteiger charge is -2.08. The molecular formula is C26H27N5O. The van der Waals surface area contributed by atoms with Gasteiger partial charge in [0.05, 0.1) is 30.0 Å². The van der Waals surface area contributed by atoms with Crippen molar-refractivity contribution in [2.75, 3.05) is 7.11 Å². The third-order valence-corrected chi connectivity index (χ3v) is 5.63. The van der Waals surface area contributed by atoms with Crippen molar-refractivity contribution in [3.63, 3.8) is 0 Å². The number of imidazole rings is 1. The maximum Gasteiger partial charge on any atom is 0.154 e. The average molecular weight is 426 g/mol. The van der Waals surface area contributed by atoms with Crippen molar-refractivity contribution in [1.29, 1.82) is 5.26 Å². The smallest absolute Gasteiger partial charge is 0.154 e. The van der Waals surface area contributed by atoms with Crippen LogP contribution in [-0.4, -0.2) is 26.7 Å². The highest BCUT2D eigenvalue weighted by atomic mass is 16.5. The molecule has 1 saturated carbocycles. The quantitative estimate of drug-likeness (QED) is 0.540. The summed E-state index contributed by atoms with van der Waals surface area (Å²) in [4.78, 5) is 8.86. The number of hydrogen-bond donors (Lipinski definition) is 0. The Bertz CT molecular complexity index is 1270. The first-order chi connectivity index (χ1) is 15.7. The summed E-state index contributed by atoms with van der Waals surface area (Å²) >= 11 is 0. The van der Waals surface area contributed by atoms with Crippen LogP contribution in [0.2, 0.25) is 0 Å². The second kappa shape index (κ2) is 9.19. The predicted octanol–water partition coefficient (Wildman–Crippen LogP) is 5.65. The number of hydrogen-bond acceptors (Lipinski definition) is 5. The van der Waals surface area contributed by atoms with Crippen LogP contribution in [0.1, 0.15) is 50.2 Å². The molecule has 0 amide bonds. The molecule has 3 heterocycles. The third kappa shape index (κ3) is 4.19. The van der Waals surface area contributed by atoms with Gasteiger partial charge in [-0.05, 0) is 62.1 Å². The van der Waals surface area contributed by atoms with Crippen LogP contribution >= 0.6 is 0 Å². The molecule has 0 aliphatic heterocycles. The van der Waals surface area contributed by atoms with Crippen LogP contribution in [0.25, 0.3) is 22.5 Å². The Morgan fingerprint density at radius 1 is 1.12 bits per heavy atom. The maximum atomic E-state index is 9.02. The van der Waals surface area contributed by atoms with Crippen LogP contribution < -0.4 is 0 Å². The first-order valence-corrected chi connectivity index (χ1v) is 11.0. The van der Waals surface area contributed by atoms with Gasteiger partial charge in [0.1, 0.15) is 11.8 Å². The SMILES string of the molecule is CC.COC1=CC=C(c2ccc3nc(C)c(-c4ccc(C#N)nc4)n3n2)C=C(C2CC2)C1. The molecule has 0 saturated heterocycles. The van der Waals surface area contributed by atoms with E-state index in [1.165, 1.54) is 18.4 Å². The molecule has 3 aromatic rings. The van der Waals surface area contributed by atoms with Gasteiger partial charge in [-0.15, -0.1) is 0 Å². The Morgan fingerprint density at radius 2 is 1.94 bits per heavy atom. The van der Waals surface area contributed by atoms with E-state index in [0.29, 0.717) is 11.6 Å². The number of methoxy groups -OCH3 is 1. The van der Waals surface area contributed by atoms with Crippen molar-refractivity contribution in [2.24, 2.45) is 5.92 Å². The molecule has 1 fully saturated rings. The highest BCUT2D eigenvalue weighted by molar-refractivity contribution is 5.76. The third-order valence-electron chi connectivity index (χ3n) is 5.63. The first-order valence-electron chi connectivity index (χ1n) is 11.0. The summed E-state index contributed by atoms with van der Waals surface area (Å²) in [5.74, 6) is 1.64. The highest BCUT2D eigenvalue weighted by Gasteiger charge is 2.27. The Kier molecular flexibility index (Phi) is 6.18. The molecule has 2 aliphatic carbocycles. The van der Waals surface area contributed by atoms with Crippen LogP contribution in [0.15, 0.2) is 60.0 Å². The summed E-state index contributed by atoms with van der Waals surface area (Å²) < 4.78 is 7.41. The van der Waals surface area contributed by atoms with Crippen LogP contribution in [0.4, 0.5) is 0 Å². The molecule has 3 aromatic heterocycles. The van der Waals surface area contributed by atoms with Crippen LogP contribution in [0.5, 0.6) is 0 Å². The topological polar surface area (TPSA) is 76.1 Å². The summed E-state index contributed by atoms with van der Waals surface area (Å²) in [6.07, 6.45) is 11.4. The summed E-state index contributed by atoms with van der Waals surface area (Å²) in [6.45, 7) is 5.96. The van der Waals surface area contributed by atoms with E-state index in [-0.39, 0.29) is 0 Å². The fourth-order valence-electron chi connectivity index (χ4n) is 3.89. The summed E-state index contributed by atoms with van der Waals surface area (Å²) in [7, 11) is 1.73. The molecule has 5 rings (SSSR count). The molecule has 162 valence electrons. The van der Waals surface area contributed by atoms with Crippen molar-refractivity contribution in [3.05, 3.63) is 77.1 Å². The minimum Gasteiger partial charge on any atom is -0.501 e. The first kappa shape index (κ1) is 21.5. The van der Waals surface area contributed by atoms with Gasteiger partial charge in [-0.2, -0.15) is 10.4 Å². The molecule has 0 radical (unpaired) electrons. The normalized spacial score (nSPS) is 15.5. The minimum atomic E-state index is 0.390. The van der Waals surface area contributed by atoms with E-state index >= 15 is 0 Å². The second-order valence-corrected chi connectivity index (χ2v) is 7.71. The van der Waals surface area contributed by atoms with E-state index in [9.17, 15) is 0 Å². The van der Waals surface area contributed by atoms with Gasteiger partial charge < -0.3 is 4.74 Å². The van der Waals surface area contributed by atoms with Gasteiger partial charge in [-0.3, -0.25) is 0 Å². The van der Waals surface area contributed by atoms with Gasteiger partial charge in [-0.1, -0.05) is 25.5 Å². The summed E-state index contributed by atoms with van der Waals surface area (Å²) in [6, 6.07) is 9.67. The van der Waals surface area contributed by atoms with E-state index in [0.717, 1.165) is 46.0 Å². The van der Waals surface area contributed by atoms with Crippen molar-refractivity contribution < 1.29 is 4.74 Å². The zero-order valence-electron chi connectivity index (χ0n) is 19.0. The van der Waals surface area contributed by atoms with E-state index in [1.54, 1.807) is 19.4 Å². The van der Waals surface area contributed by atoms with Gasteiger partial charge in [0.2, 0.25) is 0 Å². The lowest BCUT2D eigenvalue weighted by atomic mass is 10.0. The fourth-order valence-corrected chi connectivity index (χ4v) is 3.89. The molecule has 0 aromatic carbocycles. The van der Waals surface area contributed by atoms with E-state index in [1.807, 2.05) is 49.6 Å². The molecule has 0 N–H and O–H groups in total. The molecule has 0 spiro atoms. The molecule has 6 nitrogen and oxygen atoms in total. The molecule has 0 atom stereocenters. The number of pyridine rings is 1. The van der Waals surface area contributed by atoms with Gasteiger partial charge in [0, 0.05) is 23.8 Å². The number of allylic oxidation sites excluding steroid dienone is 5. The number of fused-ring (bicyclic) bond motifs is 1. The Morgan fingerprint density at radius 3 is 2.59 bits per heavy atom. The van der Waals surface area contributed by atoms with Crippen molar-refractivity contribution in [2.45, 2.75) is 40.0 Å². The van der Waals surface area contributed by atoms with E-state index in [2.05, 4.69) is 28.2 Å². The van der Waals surface area contributed by atoms with Crippen LogP contribution in [0, 0.1) is 24.2 Å².